The van der Waals surface area contributed by atoms with Crippen LogP contribution in [-0.2, 0) is 14.3 Å². The molecular formula is C14H21N3O4. The fourth-order valence-corrected chi connectivity index (χ4v) is 2.79. The van der Waals surface area contributed by atoms with Gasteiger partial charge in [-0.05, 0) is 6.92 Å². The van der Waals surface area contributed by atoms with Gasteiger partial charge in [0.1, 0.15) is 5.76 Å². The van der Waals surface area contributed by atoms with Crippen molar-refractivity contribution >= 4 is 11.7 Å². The molecule has 2 aliphatic heterocycles. The first-order chi connectivity index (χ1) is 10.2. The van der Waals surface area contributed by atoms with Crippen LogP contribution in [0.4, 0.5) is 5.82 Å². The van der Waals surface area contributed by atoms with Crippen LogP contribution in [0.1, 0.15) is 25.0 Å². The van der Waals surface area contributed by atoms with E-state index in [9.17, 15) is 4.79 Å². The molecule has 21 heavy (non-hydrogen) atoms. The molecule has 0 atom stereocenters. The minimum atomic E-state index is -0.350. The highest BCUT2D eigenvalue weighted by atomic mass is 16.7. The van der Waals surface area contributed by atoms with Crippen LogP contribution in [0.5, 0.6) is 0 Å². The third kappa shape index (κ3) is 3.61. The van der Waals surface area contributed by atoms with Crippen molar-refractivity contribution in [3.63, 3.8) is 0 Å². The van der Waals surface area contributed by atoms with Gasteiger partial charge in [0.2, 0.25) is 5.91 Å². The fraction of sp³-hybridized carbons (Fsp3) is 0.714. The molecular weight excluding hydrogens is 274 g/mol. The summed E-state index contributed by atoms with van der Waals surface area (Å²) < 4.78 is 16.3. The van der Waals surface area contributed by atoms with Crippen LogP contribution >= 0.6 is 0 Å². The van der Waals surface area contributed by atoms with Gasteiger partial charge in [-0.2, -0.15) is 0 Å². The zero-order chi connectivity index (χ0) is 14.7. The SMILES string of the molecule is Cc1cc(NC(=O)CCN2CCC3(CC2)OCCO3)no1. The van der Waals surface area contributed by atoms with E-state index in [1.54, 1.807) is 13.0 Å². The van der Waals surface area contributed by atoms with Crippen molar-refractivity contribution in [3.8, 4) is 0 Å². The van der Waals surface area contributed by atoms with Gasteiger partial charge in [0.05, 0.1) is 13.2 Å². The Kier molecular flexibility index (Phi) is 4.23. The standard InChI is InChI=1S/C14H21N3O4/c1-11-10-12(16-21-11)15-13(18)2-5-17-6-3-14(4-7-17)19-8-9-20-14/h10H,2-9H2,1H3,(H,15,16,18). The Morgan fingerprint density at radius 2 is 2.10 bits per heavy atom. The number of nitrogens with one attached hydrogen (secondary N) is 1. The van der Waals surface area contributed by atoms with Crippen LogP contribution in [-0.4, -0.2) is 54.6 Å². The van der Waals surface area contributed by atoms with Gasteiger partial charge >= 0.3 is 0 Å². The average molecular weight is 295 g/mol. The second kappa shape index (κ2) is 6.13. The van der Waals surface area contributed by atoms with Gasteiger partial charge in [0.25, 0.3) is 0 Å². The van der Waals surface area contributed by atoms with Crippen LogP contribution in [0.15, 0.2) is 10.6 Å². The topological polar surface area (TPSA) is 76.8 Å². The second-order valence-corrected chi connectivity index (χ2v) is 5.57. The number of carbonyl (C=O) groups excluding carboxylic acids is 1. The van der Waals surface area contributed by atoms with Crippen molar-refractivity contribution in [2.45, 2.75) is 32.0 Å². The highest BCUT2D eigenvalue weighted by Gasteiger charge is 2.39. The van der Waals surface area contributed by atoms with Crippen LogP contribution < -0.4 is 5.32 Å². The van der Waals surface area contributed by atoms with Crippen molar-refractivity contribution in [1.29, 1.82) is 0 Å². The highest BCUT2D eigenvalue weighted by Crippen LogP contribution is 2.31. The Morgan fingerprint density at radius 1 is 1.38 bits per heavy atom. The average Bonchev–Trinajstić information content (AvgIpc) is 3.08. The molecule has 0 aliphatic carbocycles. The first-order valence-corrected chi connectivity index (χ1v) is 7.39. The fourth-order valence-electron chi connectivity index (χ4n) is 2.79. The van der Waals surface area contributed by atoms with E-state index in [1.165, 1.54) is 0 Å². The van der Waals surface area contributed by atoms with E-state index in [1.807, 2.05) is 0 Å². The van der Waals surface area contributed by atoms with Crippen LogP contribution in [0.2, 0.25) is 0 Å². The summed E-state index contributed by atoms with van der Waals surface area (Å²) in [5.41, 5.74) is 0. The summed E-state index contributed by atoms with van der Waals surface area (Å²) in [4.78, 5) is 14.1. The largest absolute Gasteiger partial charge is 0.360 e. The van der Waals surface area contributed by atoms with Crippen LogP contribution in [0.25, 0.3) is 0 Å². The summed E-state index contributed by atoms with van der Waals surface area (Å²) in [6, 6.07) is 1.71. The molecule has 0 bridgehead atoms. The van der Waals surface area contributed by atoms with Crippen LogP contribution in [0, 0.1) is 6.92 Å². The molecule has 0 saturated carbocycles. The third-order valence-electron chi connectivity index (χ3n) is 3.98. The van der Waals surface area contributed by atoms with Crippen molar-refractivity contribution in [1.82, 2.24) is 10.1 Å². The Balaban J connectivity index is 1.38. The lowest BCUT2D eigenvalue weighted by molar-refractivity contribution is -0.185. The first kappa shape index (κ1) is 14.5. The van der Waals surface area contributed by atoms with E-state index in [0.717, 1.165) is 32.5 Å². The lowest BCUT2D eigenvalue weighted by atomic mass is 10.0. The van der Waals surface area contributed by atoms with E-state index < -0.39 is 0 Å². The molecule has 1 aromatic heterocycles. The molecule has 0 aromatic carbocycles. The monoisotopic (exact) mass is 295 g/mol. The molecule has 0 radical (unpaired) electrons. The van der Waals surface area contributed by atoms with E-state index in [2.05, 4.69) is 15.4 Å². The first-order valence-electron chi connectivity index (χ1n) is 7.39. The summed E-state index contributed by atoms with van der Waals surface area (Å²) in [6.45, 7) is 5.71. The number of ether oxygens (including phenoxy) is 2. The van der Waals surface area contributed by atoms with Crippen molar-refractivity contribution in [2.24, 2.45) is 0 Å². The molecule has 3 rings (SSSR count). The van der Waals surface area contributed by atoms with Gasteiger partial charge in [0, 0.05) is 45.0 Å². The maximum absolute atomic E-state index is 11.8. The second-order valence-electron chi connectivity index (χ2n) is 5.57. The van der Waals surface area contributed by atoms with E-state index >= 15 is 0 Å². The number of hydrogen-bond donors (Lipinski definition) is 1. The molecule has 2 aliphatic rings. The maximum atomic E-state index is 11.8. The van der Waals surface area contributed by atoms with E-state index in [-0.39, 0.29) is 11.7 Å². The zero-order valence-corrected chi connectivity index (χ0v) is 12.3. The number of nitrogens with zero attached hydrogens (tertiary/aromatic N) is 2. The Labute approximate surface area is 123 Å². The molecule has 7 nitrogen and oxygen atoms in total. The smallest absolute Gasteiger partial charge is 0.226 e. The Bertz CT molecular complexity index is 486. The number of aromatic nitrogens is 1. The number of aryl methyl sites for hydroxylation is 1. The summed E-state index contributed by atoms with van der Waals surface area (Å²) in [5, 5.41) is 6.48. The quantitative estimate of drug-likeness (QED) is 0.898. The van der Waals surface area contributed by atoms with Gasteiger partial charge < -0.3 is 24.2 Å². The normalized spacial score (nSPS) is 21.8. The molecule has 1 amide bonds. The summed E-state index contributed by atoms with van der Waals surface area (Å²) in [7, 11) is 0. The van der Waals surface area contributed by atoms with Gasteiger partial charge in [-0.3, -0.25) is 4.79 Å². The molecule has 2 saturated heterocycles. The Hall–Kier alpha value is -1.44. The minimum Gasteiger partial charge on any atom is -0.360 e. The summed E-state index contributed by atoms with van der Waals surface area (Å²) in [5.74, 6) is 0.764. The number of piperidine rings is 1. The predicted octanol–water partition coefficient (Wildman–Crippen LogP) is 1.15. The van der Waals surface area contributed by atoms with Crippen molar-refractivity contribution in [2.75, 3.05) is 38.2 Å². The highest BCUT2D eigenvalue weighted by molar-refractivity contribution is 5.89. The molecule has 1 spiro atoms. The van der Waals surface area contributed by atoms with Crippen LogP contribution in [0.3, 0.4) is 0 Å². The number of anilines is 1. The number of amides is 1. The molecule has 0 unspecified atom stereocenters. The lowest BCUT2D eigenvalue weighted by Crippen LogP contribution is -2.45. The van der Waals surface area contributed by atoms with E-state index in [0.29, 0.717) is 31.2 Å². The summed E-state index contributed by atoms with van der Waals surface area (Å²) in [6.07, 6.45) is 2.19. The molecule has 3 heterocycles. The molecule has 7 heteroatoms. The van der Waals surface area contributed by atoms with Crippen molar-refractivity contribution in [3.05, 3.63) is 11.8 Å². The molecule has 116 valence electrons. The predicted molar refractivity (Wildman–Crippen MR) is 74.8 cm³/mol. The number of carbonyl (C=O) groups is 1. The van der Waals surface area contributed by atoms with E-state index in [4.69, 9.17) is 14.0 Å². The number of likely N-dealkylation sites (tertiary alicyclic amines) is 1. The molecule has 1 N–H and O–H groups in total. The number of rotatable bonds is 4. The van der Waals surface area contributed by atoms with Gasteiger partial charge in [-0.25, -0.2) is 0 Å². The Morgan fingerprint density at radius 3 is 2.71 bits per heavy atom. The maximum Gasteiger partial charge on any atom is 0.226 e. The van der Waals surface area contributed by atoms with Gasteiger partial charge in [-0.1, -0.05) is 5.16 Å². The summed E-state index contributed by atoms with van der Waals surface area (Å²) >= 11 is 0. The molecule has 2 fully saturated rings. The van der Waals surface area contributed by atoms with Gasteiger partial charge in [-0.15, -0.1) is 0 Å². The molecule has 1 aromatic rings. The number of hydrogen-bond acceptors (Lipinski definition) is 6. The minimum absolute atomic E-state index is 0.0445. The third-order valence-corrected chi connectivity index (χ3v) is 3.98. The zero-order valence-electron chi connectivity index (χ0n) is 12.3. The van der Waals surface area contributed by atoms with Gasteiger partial charge in [0.15, 0.2) is 11.6 Å². The van der Waals surface area contributed by atoms with Crippen molar-refractivity contribution < 1.29 is 18.8 Å². The lowest BCUT2D eigenvalue weighted by Gasteiger charge is -2.37.